The summed E-state index contributed by atoms with van der Waals surface area (Å²) in [4.78, 5) is 11.6. The standard InChI is InChI=1S/C24H46N6O13/c25-2-9-14(33)6(4-31)12(29)22(38-9)42-20-11(5-32)40-24(18(20)37)43-21-15(34)7(27)1-8(28)19(21)41-23-13(30)17(36)16(35)10(3-26)39-23/h4,6-24,32-37H,1-3,5,25-30H2. The number of ether oxygens (including phenoxy) is 6. The fourth-order valence-corrected chi connectivity index (χ4v) is 5.96. The van der Waals surface area contributed by atoms with Gasteiger partial charge in [-0.05, 0) is 6.42 Å². The summed E-state index contributed by atoms with van der Waals surface area (Å²) in [7, 11) is 0. The minimum absolute atomic E-state index is 0.0845. The van der Waals surface area contributed by atoms with Gasteiger partial charge in [-0.15, -0.1) is 0 Å². The zero-order chi connectivity index (χ0) is 31.7. The van der Waals surface area contributed by atoms with Crippen molar-refractivity contribution in [2.45, 2.75) is 117 Å². The highest BCUT2D eigenvalue weighted by Gasteiger charge is 2.54. The van der Waals surface area contributed by atoms with E-state index in [1.165, 1.54) is 0 Å². The van der Waals surface area contributed by atoms with Gasteiger partial charge in [-0.3, -0.25) is 0 Å². The van der Waals surface area contributed by atoms with E-state index >= 15 is 0 Å². The molecular formula is C24H46N6O13. The van der Waals surface area contributed by atoms with E-state index in [-0.39, 0.29) is 19.5 Å². The number of nitrogens with two attached hydrogens (primary N) is 6. The first-order chi connectivity index (χ1) is 20.4. The smallest absolute Gasteiger partial charge is 0.187 e. The zero-order valence-electron chi connectivity index (χ0n) is 23.4. The third-order valence-electron chi connectivity index (χ3n) is 8.62. The van der Waals surface area contributed by atoms with Gasteiger partial charge in [0, 0.05) is 25.2 Å². The SMILES string of the molecule is NCC1OC(OC2C(N)CC(N)C(O)C2OC2OC(CO)C(OC3OC(CN)C(O)C(C=O)C3N)C2O)C(N)C(O)C1O. The first-order valence-electron chi connectivity index (χ1n) is 14.2. The van der Waals surface area contributed by atoms with E-state index in [0.29, 0.717) is 6.29 Å². The van der Waals surface area contributed by atoms with Gasteiger partial charge in [0.05, 0.1) is 42.9 Å². The average Bonchev–Trinajstić information content (AvgIpc) is 3.28. The van der Waals surface area contributed by atoms with Crippen LogP contribution in [0.3, 0.4) is 0 Å². The zero-order valence-corrected chi connectivity index (χ0v) is 23.4. The minimum Gasteiger partial charge on any atom is -0.394 e. The first-order valence-corrected chi connectivity index (χ1v) is 14.2. The fraction of sp³-hybridized carbons (Fsp3) is 0.958. The normalized spacial score (nSPS) is 52.7. The van der Waals surface area contributed by atoms with E-state index < -0.39 is 123 Å². The Kier molecular flexibility index (Phi) is 11.8. The number of hydrogen-bond donors (Lipinski definition) is 12. The summed E-state index contributed by atoms with van der Waals surface area (Å²) in [6, 6.07) is -4.11. The van der Waals surface area contributed by atoms with Crippen LogP contribution in [0.2, 0.25) is 0 Å². The maximum atomic E-state index is 11.6. The summed E-state index contributed by atoms with van der Waals surface area (Å²) in [5, 5.41) is 63.0. The van der Waals surface area contributed by atoms with Crippen molar-refractivity contribution in [1.29, 1.82) is 0 Å². The number of aliphatic hydroxyl groups is 6. The van der Waals surface area contributed by atoms with Crippen molar-refractivity contribution in [1.82, 2.24) is 0 Å². The average molecular weight is 627 g/mol. The molecule has 0 spiro atoms. The molecule has 0 aromatic rings. The fourth-order valence-electron chi connectivity index (χ4n) is 5.96. The predicted molar refractivity (Wildman–Crippen MR) is 142 cm³/mol. The van der Waals surface area contributed by atoms with Gasteiger partial charge in [-0.25, -0.2) is 0 Å². The summed E-state index contributed by atoms with van der Waals surface area (Å²) in [6.45, 7) is -0.968. The summed E-state index contributed by atoms with van der Waals surface area (Å²) in [5.74, 6) is -1.09. The van der Waals surface area contributed by atoms with Gasteiger partial charge < -0.3 is 98.3 Å². The Morgan fingerprint density at radius 2 is 1.16 bits per heavy atom. The molecule has 0 aromatic heterocycles. The highest BCUT2D eigenvalue weighted by Crippen LogP contribution is 2.34. The molecule has 43 heavy (non-hydrogen) atoms. The number of rotatable bonds is 10. The van der Waals surface area contributed by atoms with E-state index in [1.54, 1.807) is 0 Å². The summed E-state index contributed by atoms with van der Waals surface area (Å²) >= 11 is 0. The van der Waals surface area contributed by atoms with Crippen molar-refractivity contribution in [2.24, 2.45) is 40.3 Å². The van der Waals surface area contributed by atoms with Gasteiger partial charge >= 0.3 is 0 Å². The summed E-state index contributed by atoms with van der Waals surface area (Å²) in [6.07, 6.45) is -17.8. The molecule has 19 unspecified atom stereocenters. The van der Waals surface area contributed by atoms with Crippen LogP contribution in [0, 0.1) is 5.92 Å². The molecule has 3 aliphatic heterocycles. The minimum atomic E-state index is -1.61. The van der Waals surface area contributed by atoms with Crippen molar-refractivity contribution in [2.75, 3.05) is 19.7 Å². The van der Waals surface area contributed by atoms with Crippen molar-refractivity contribution < 1.29 is 63.9 Å². The van der Waals surface area contributed by atoms with Crippen LogP contribution in [0.1, 0.15) is 6.42 Å². The van der Waals surface area contributed by atoms with E-state index in [9.17, 15) is 35.4 Å². The Morgan fingerprint density at radius 1 is 0.628 bits per heavy atom. The van der Waals surface area contributed by atoms with E-state index in [0.717, 1.165) is 0 Å². The second-order valence-electron chi connectivity index (χ2n) is 11.5. The molecule has 19 nitrogen and oxygen atoms in total. The van der Waals surface area contributed by atoms with Gasteiger partial charge in [-0.1, -0.05) is 0 Å². The molecule has 4 rings (SSSR count). The molecule has 1 aliphatic carbocycles. The second kappa shape index (κ2) is 14.6. The monoisotopic (exact) mass is 626 g/mol. The second-order valence-corrected chi connectivity index (χ2v) is 11.5. The molecule has 4 fully saturated rings. The summed E-state index contributed by atoms with van der Waals surface area (Å²) in [5.41, 5.74) is 35.8. The van der Waals surface area contributed by atoms with Crippen molar-refractivity contribution in [3.63, 3.8) is 0 Å². The van der Waals surface area contributed by atoms with Gasteiger partial charge in [0.1, 0.15) is 55.1 Å². The Morgan fingerprint density at radius 3 is 1.74 bits per heavy atom. The third-order valence-corrected chi connectivity index (χ3v) is 8.62. The number of aldehydes is 1. The molecule has 19 heteroatoms. The molecule has 19 atom stereocenters. The third kappa shape index (κ3) is 6.89. The topological polar surface area (TPSA) is 350 Å². The lowest BCUT2D eigenvalue weighted by molar-refractivity contribution is -0.306. The molecule has 250 valence electrons. The Hall–Kier alpha value is -1.05. The Labute approximate surface area is 247 Å². The quantitative estimate of drug-likeness (QED) is 0.100. The van der Waals surface area contributed by atoms with Crippen LogP contribution in [0.15, 0.2) is 0 Å². The van der Waals surface area contributed by atoms with Crippen LogP contribution in [0.4, 0.5) is 0 Å². The highest BCUT2D eigenvalue weighted by molar-refractivity contribution is 5.56. The number of carbonyl (C=O) groups is 1. The van der Waals surface area contributed by atoms with Crippen LogP contribution in [-0.4, -0.2) is 167 Å². The molecule has 0 amide bonds. The van der Waals surface area contributed by atoms with Crippen LogP contribution in [-0.2, 0) is 33.2 Å². The maximum Gasteiger partial charge on any atom is 0.187 e. The Bertz CT molecular complexity index is 914. The highest BCUT2D eigenvalue weighted by atomic mass is 16.8. The van der Waals surface area contributed by atoms with E-state index in [4.69, 9.17) is 62.8 Å². The number of hydrogen-bond acceptors (Lipinski definition) is 19. The predicted octanol–water partition coefficient (Wildman–Crippen LogP) is -8.44. The van der Waals surface area contributed by atoms with Gasteiger partial charge in [0.15, 0.2) is 18.9 Å². The largest absolute Gasteiger partial charge is 0.394 e. The van der Waals surface area contributed by atoms with Gasteiger partial charge in [0.25, 0.3) is 0 Å². The molecular weight excluding hydrogens is 580 g/mol. The first kappa shape index (κ1) is 34.8. The lowest BCUT2D eigenvalue weighted by atomic mass is 9.84. The number of aliphatic hydroxyl groups excluding tert-OH is 6. The van der Waals surface area contributed by atoms with Crippen molar-refractivity contribution in [3.05, 3.63) is 0 Å². The number of carbonyl (C=O) groups excluding carboxylic acids is 1. The van der Waals surface area contributed by atoms with Crippen LogP contribution >= 0.6 is 0 Å². The molecule has 18 N–H and O–H groups in total. The Balaban J connectivity index is 1.50. The van der Waals surface area contributed by atoms with Gasteiger partial charge in [0.2, 0.25) is 0 Å². The molecule has 4 aliphatic rings. The van der Waals surface area contributed by atoms with Crippen LogP contribution < -0.4 is 34.4 Å². The van der Waals surface area contributed by atoms with Crippen LogP contribution in [0.5, 0.6) is 0 Å². The molecule has 3 heterocycles. The van der Waals surface area contributed by atoms with Gasteiger partial charge in [-0.2, -0.15) is 0 Å². The molecule has 1 saturated carbocycles. The molecule has 0 aromatic carbocycles. The molecule has 0 radical (unpaired) electrons. The molecule has 0 bridgehead atoms. The van der Waals surface area contributed by atoms with E-state index in [2.05, 4.69) is 0 Å². The lowest BCUT2D eigenvalue weighted by Crippen LogP contribution is -2.68. The lowest BCUT2D eigenvalue weighted by Gasteiger charge is -2.47. The summed E-state index contributed by atoms with van der Waals surface area (Å²) < 4.78 is 34.8. The van der Waals surface area contributed by atoms with Crippen LogP contribution in [0.25, 0.3) is 0 Å². The van der Waals surface area contributed by atoms with Crippen molar-refractivity contribution in [3.8, 4) is 0 Å². The van der Waals surface area contributed by atoms with Crippen molar-refractivity contribution >= 4 is 6.29 Å². The maximum absolute atomic E-state index is 11.6. The molecule has 3 saturated heterocycles. The van der Waals surface area contributed by atoms with E-state index in [1.807, 2.05) is 0 Å².